The van der Waals surface area contributed by atoms with E-state index in [1.54, 1.807) is 0 Å². The van der Waals surface area contributed by atoms with Crippen LogP contribution in [-0.2, 0) is 0 Å². The maximum Gasteiger partial charge on any atom is 0.0866 e. The van der Waals surface area contributed by atoms with Gasteiger partial charge in [-0.3, -0.25) is 4.90 Å². The SMILES string of the molecule is CCN(CC#N)CC1CCCCN1. The fraction of sp³-hybridized carbons (Fsp3) is 0.900. The Balaban J connectivity index is 2.23. The standard InChI is InChI=1S/C10H19N3/c1-2-13(8-6-11)9-10-5-3-4-7-12-10/h10,12H,2-5,7-9H2,1H3. The average molecular weight is 181 g/mol. The summed E-state index contributed by atoms with van der Waals surface area (Å²) in [6, 6.07) is 2.82. The van der Waals surface area contributed by atoms with Crippen LogP contribution in [0.1, 0.15) is 26.2 Å². The van der Waals surface area contributed by atoms with Gasteiger partial charge < -0.3 is 5.32 Å². The highest BCUT2D eigenvalue weighted by Crippen LogP contribution is 2.07. The predicted molar refractivity (Wildman–Crippen MR) is 53.4 cm³/mol. The summed E-state index contributed by atoms with van der Waals surface area (Å²) in [4.78, 5) is 2.20. The molecule has 1 saturated heterocycles. The lowest BCUT2D eigenvalue weighted by Crippen LogP contribution is -2.43. The van der Waals surface area contributed by atoms with Gasteiger partial charge in [0, 0.05) is 12.6 Å². The lowest BCUT2D eigenvalue weighted by molar-refractivity contribution is 0.254. The van der Waals surface area contributed by atoms with E-state index in [-0.39, 0.29) is 0 Å². The summed E-state index contributed by atoms with van der Waals surface area (Å²) in [5.74, 6) is 0. The molecule has 0 saturated carbocycles. The Morgan fingerprint density at radius 3 is 2.92 bits per heavy atom. The molecule has 3 nitrogen and oxygen atoms in total. The molecular formula is C10H19N3. The summed E-state index contributed by atoms with van der Waals surface area (Å²) in [6.07, 6.45) is 3.91. The molecule has 1 heterocycles. The van der Waals surface area contributed by atoms with Crippen LogP contribution < -0.4 is 5.32 Å². The smallest absolute Gasteiger partial charge is 0.0866 e. The molecule has 1 unspecified atom stereocenters. The molecule has 1 N–H and O–H groups in total. The predicted octanol–water partition coefficient (Wildman–Crippen LogP) is 0.974. The lowest BCUT2D eigenvalue weighted by atomic mass is 10.0. The van der Waals surface area contributed by atoms with Crippen LogP contribution in [0.15, 0.2) is 0 Å². The summed E-state index contributed by atoms with van der Waals surface area (Å²) >= 11 is 0. The van der Waals surface area contributed by atoms with Crippen molar-refractivity contribution in [1.29, 1.82) is 5.26 Å². The summed E-state index contributed by atoms with van der Waals surface area (Å²) in [5.41, 5.74) is 0. The molecule has 74 valence electrons. The number of hydrogen-bond donors (Lipinski definition) is 1. The Kier molecular flexibility index (Phi) is 4.81. The zero-order valence-corrected chi connectivity index (χ0v) is 8.42. The van der Waals surface area contributed by atoms with Gasteiger partial charge in [0.2, 0.25) is 0 Å². The van der Waals surface area contributed by atoms with E-state index in [1.807, 2.05) is 0 Å². The van der Waals surface area contributed by atoms with Crippen LogP contribution in [0, 0.1) is 11.3 Å². The van der Waals surface area contributed by atoms with E-state index in [0.717, 1.165) is 19.6 Å². The molecule has 1 atom stereocenters. The number of hydrogen-bond acceptors (Lipinski definition) is 3. The molecule has 1 aliphatic heterocycles. The second kappa shape index (κ2) is 5.95. The van der Waals surface area contributed by atoms with Gasteiger partial charge >= 0.3 is 0 Å². The Labute approximate surface area is 80.7 Å². The van der Waals surface area contributed by atoms with E-state index >= 15 is 0 Å². The van der Waals surface area contributed by atoms with Crippen LogP contribution in [0.3, 0.4) is 0 Å². The molecule has 0 spiro atoms. The summed E-state index contributed by atoms with van der Waals surface area (Å²) in [7, 11) is 0. The number of nitrogens with one attached hydrogen (secondary N) is 1. The van der Waals surface area contributed by atoms with Gasteiger partial charge in [-0.05, 0) is 25.9 Å². The van der Waals surface area contributed by atoms with Crippen LogP contribution in [0.4, 0.5) is 0 Å². The monoisotopic (exact) mass is 181 g/mol. The van der Waals surface area contributed by atoms with Crippen molar-refractivity contribution in [3.63, 3.8) is 0 Å². The molecule has 1 aliphatic rings. The Bertz CT molecular complexity index is 167. The number of rotatable bonds is 4. The van der Waals surface area contributed by atoms with Gasteiger partial charge in [-0.15, -0.1) is 0 Å². The van der Waals surface area contributed by atoms with Crippen molar-refractivity contribution in [3.05, 3.63) is 0 Å². The molecular weight excluding hydrogens is 162 g/mol. The van der Waals surface area contributed by atoms with Crippen molar-refractivity contribution < 1.29 is 0 Å². The topological polar surface area (TPSA) is 39.1 Å². The van der Waals surface area contributed by atoms with Crippen molar-refractivity contribution >= 4 is 0 Å². The molecule has 1 rings (SSSR count). The van der Waals surface area contributed by atoms with Crippen molar-refractivity contribution in [1.82, 2.24) is 10.2 Å². The first kappa shape index (κ1) is 10.5. The highest BCUT2D eigenvalue weighted by molar-refractivity contribution is 4.81. The molecule has 0 bridgehead atoms. The van der Waals surface area contributed by atoms with Crippen LogP contribution in [0.5, 0.6) is 0 Å². The maximum atomic E-state index is 8.59. The number of piperidine rings is 1. The van der Waals surface area contributed by atoms with E-state index in [0.29, 0.717) is 12.6 Å². The number of likely N-dealkylation sites (N-methyl/N-ethyl adjacent to an activating group) is 1. The molecule has 3 heteroatoms. The van der Waals surface area contributed by atoms with Gasteiger partial charge in [-0.25, -0.2) is 0 Å². The van der Waals surface area contributed by atoms with Gasteiger partial charge in [0.1, 0.15) is 0 Å². The first-order chi connectivity index (χ1) is 6.36. The molecule has 1 fully saturated rings. The third-order valence-corrected chi connectivity index (χ3v) is 2.63. The molecule has 0 aromatic heterocycles. The fourth-order valence-electron chi connectivity index (χ4n) is 1.80. The maximum absolute atomic E-state index is 8.59. The highest BCUT2D eigenvalue weighted by Gasteiger charge is 2.14. The van der Waals surface area contributed by atoms with Crippen molar-refractivity contribution in [2.75, 3.05) is 26.2 Å². The van der Waals surface area contributed by atoms with E-state index in [1.165, 1.54) is 19.3 Å². The van der Waals surface area contributed by atoms with Gasteiger partial charge in [-0.1, -0.05) is 13.3 Å². The van der Waals surface area contributed by atoms with E-state index in [9.17, 15) is 0 Å². The van der Waals surface area contributed by atoms with Crippen molar-refractivity contribution in [3.8, 4) is 6.07 Å². The summed E-state index contributed by atoms with van der Waals surface area (Å²) in [6.45, 7) is 5.83. The zero-order chi connectivity index (χ0) is 9.52. The van der Waals surface area contributed by atoms with Crippen LogP contribution in [0.2, 0.25) is 0 Å². The Morgan fingerprint density at radius 1 is 1.54 bits per heavy atom. The molecule has 0 aliphatic carbocycles. The van der Waals surface area contributed by atoms with Crippen LogP contribution in [-0.4, -0.2) is 37.1 Å². The zero-order valence-electron chi connectivity index (χ0n) is 8.42. The van der Waals surface area contributed by atoms with E-state index < -0.39 is 0 Å². The van der Waals surface area contributed by atoms with E-state index in [2.05, 4.69) is 23.2 Å². The highest BCUT2D eigenvalue weighted by atomic mass is 15.1. The number of nitrogens with zero attached hydrogens (tertiary/aromatic N) is 2. The minimum Gasteiger partial charge on any atom is -0.313 e. The largest absolute Gasteiger partial charge is 0.313 e. The first-order valence-corrected chi connectivity index (χ1v) is 5.19. The quantitative estimate of drug-likeness (QED) is 0.657. The molecule has 0 radical (unpaired) electrons. The molecule has 13 heavy (non-hydrogen) atoms. The van der Waals surface area contributed by atoms with Gasteiger partial charge in [0.05, 0.1) is 12.6 Å². The summed E-state index contributed by atoms with van der Waals surface area (Å²) in [5, 5.41) is 12.1. The van der Waals surface area contributed by atoms with Crippen LogP contribution in [0.25, 0.3) is 0 Å². The third kappa shape index (κ3) is 3.75. The van der Waals surface area contributed by atoms with Crippen LogP contribution >= 0.6 is 0 Å². The lowest BCUT2D eigenvalue weighted by Gasteiger charge is -2.28. The molecule has 0 aromatic rings. The molecule has 0 amide bonds. The first-order valence-electron chi connectivity index (χ1n) is 5.19. The Hall–Kier alpha value is -0.590. The molecule has 0 aromatic carbocycles. The second-order valence-electron chi connectivity index (χ2n) is 3.63. The average Bonchev–Trinajstić information content (AvgIpc) is 2.19. The third-order valence-electron chi connectivity index (χ3n) is 2.63. The van der Waals surface area contributed by atoms with Crippen molar-refractivity contribution in [2.24, 2.45) is 0 Å². The minimum absolute atomic E-state index is 0.564. The normalized spacial score (nSPS) is 23.0. The van der Waals surface area contributed by atoms with Gasteiger partial charge in [0.25, 0.3) is 0 Å². The number of nitriles is 1. The second-order valence-corrected chi connectivity index (χ2v) is 3.63. The van der Waals surface area contributed by atoms with E-state index in [4.69, 9.17) is 5.26 Å². The Morgan fingerprint density at radius 2 is 2.38 bits per heavy atom. The minimum atomic E-state index is 0.564. The van der Waals surface area contributed by atoms with Gasteiger partial charge in [0.15, 0.2) is 0 Å². The summed E-state index contributed by atoms with van der Waals surface area (Å²) < 4.78 is 0. The van der Waals surface area contributed by atoms with Gasteiger partial charge in [-0.2, -0.15) is 5.26 Å². The van der Waals surface area contributed by atoms with Crippen molar-refractivity contribution in [2.45, 2.75) is 32.2 Å². The fourth-order valence-corrected chi connectivity index (χ4v) is 1.80.